The monoisotopic (exact) mass is 216 g/mol. The molecule has 1 aromatic rings. The minimum absolute atomic E-state index is 0.344. The summed E-state index contributed by atoms with van der Waals surface area (Å²) in [6.45, 7) is 0. The fourth-order valence-electron chi connectivity index (χ4n) is 1.09. The lowest BCUT2D eigenvalue weighted by Gasteiger charge is -2.13. The van der Waals surface area contributed by atoms with Crippen LogP contribution in [0.4, 0.5) is 13.2 Å². The molecule has 0 amide bonds. The van der Waals surface area contributed by atoms with Crippen molar-refractivity contribution in [3.63, 3.8) is 0 Å². The van der Waals surface area contributed by atoms with Crippen LogP contribution in [0.3, 0.4) is 0 Å². The molecular weight excluding hydrogens is 209 g/mol. The highest BCUT2D eigenvalue weighted by atomic mass is 19.3. The van der Waals surface area contributed by atoms with Gasteiger partial charge in [0.25, 0.3) is 6.43 Å². The van der Waals surface area contributed by atoms with Gasteiger partial charge in [0, 0.05) is 5.56 Å². The first-order valence-corrected chi connectivity index (χ1v) is 3.94. The predicted molar refractivity (Wildman–Crippen MR) is 45.7 cm³/mol. The van der Waals surface area contributed by atoms with E-state index < -0.39 is 29.6 Å². The van der Waals surface area contributed by atoms with E-state index >= 15 is 0 Å². The maximum Gasteiger partial charge on any atom is 0.257 e. The van der Waals surface area contributed by atoms with Crippen LogP contribution >= 0.6 is 0 Å². The lowest BCUT2D eigenvalue weighted by atomic mass is 10.0. The molecule has 0 fully saturated rings. The third-order valence-corrected chi connectivity index (χ3v) is 1.90. The number of alkyl halides is 2. The number of aromatic hydroxyl groups is 1. The van der Waals surface area contributed by atoms with Crippen molar-refractivity contribution in [3.8, 4) is 11.8 Å². The highest BCUT2D eigenvalue weighted by molar-refractivity contribution is 5.49. The minimum Gasteiger partial charge on any atom is -0.506 e. The van der Waals surface area contributed by atoms with Crippen LogP contribution in [-0.2, 0) is 0 Å². The Bertz CT molecular complexity index is 415. The summed E-state index contributed by atoms with van der Waals surface area (Å²) in [5.74, 6) is -1.80. The van der Waals surface area contributed by atoms with E-state index in [0.29, 0.717) is 0 Å². The van der Waals surface area contributed by atoms with Gasteiger partial charge in [-0.15, -0.1) is 0 Å². The van der Waals surface area contributed by atoms with Crippen LogP contribution in [0.25, 0.3) is 0 Å². The van der Waals surface area contributed by atoms with Gasteiger partial charge in [-0.1, -0.05) is 6.07 Å². The fraction of sp³-hybridized carbons (Fsp3) is 0.222. The first-order valence-electron chi connectivity index (χ1n) is 3.94. The van der Waals surface area contributed by atoms with Gasteiger partial charge in [0.15, 0.2) is 0 Å². The third kappa shape index (κ3) is 2.02. The number of benzene rings is 1. The second-order valence-corrected chi connectivity index (χ2v) is 2.83. The molecule has 1 rings (SSSR count). The first kappa shape index (κ1) is 11.3. The summed E-state index contributed by atoms with van der Waals surface area (Å²) < 4.78 is 37.3. The maximum absolute atomic E-state index is 12.9. The topological polar surface area (TPSA) is 70.0 Å². The number of phenols is 1. The van der Waals surface area contributed by atoms with Gasteiger partial charge in [-0.2, -0.15) is 5.26 Å². The summed E-state index contributed by atoms with van der Waals surface area (Å²) in [6, 6.07) is 1.38. The van der Waals surface area contributed by atoms with E-state index in [2.05, 4.69) is 0 Å². The molecule has 0 aromatic heterocycles. The zero-order valence-corrected chi connectivity index (χ0v) is 7.42. The predicted octanol–water partition coefficient (Wildman–Crippen LogP) is 1.67. The Morgan fingerprint density at radius 3 is 2.47 bits per heavy atom. The number of hydrogen-bond donors (Lipinski definition) is 2. The number of phenolic OH excluding ortho intramolecular Hbond substituents is 1. The van der Waals surface area contributed by atoms with Crippen LogP contribution in [0.5, 0.6) is 5.75 Å². The normalized spacial score (nSPS) is 12.5. The molecule has 3 N–H and O–H groups in total. The van der Waals surface area contributed by atoms with Crippen molar-refractivity contribution in [2.24, 2.45) is 5.73 Å². The average Bonchev–Trinajstić information content (AvgIpc) is 2.17. The van der Waals surface area contributed by atoms with Crippen LogP contribution in [0.15, 0.2) is 12.1 Å². The van der Waals surface area contributed by atoms with E-state index in [1.165, 1.54) is 6.07 Å². The summed E-state index contributed by atoms with van der Waals surface area (Å²) in [5.41, 5.74) is 4.05. The van der Waals surface area contributed by atoms with E-state index in [0.717, 1.165) is 12.1 Å². The molecule has 0 heterocycles. The smallest absolute Gasteiger partial charge is 0.257 e. The fourth-order valence-corrected chi connectivity index (χ4v) is 1.09. The molecule has 0 spiro atoms. The van der Waals surface area contributed by atoms with Gasteiger partial charge in [0.05, 0.1) is 6.04 Å². The van der Waals surface area contributed by atoms with Crippen molar-refractivity contribution < 1.29 is 18.3 Å². The van der Waals surface area contributed by atoms with Gasteiger partial charge in [0.2, 0.25) is 0 Å². The molecule has 0 unspecified atom stereocenters. The Hall–Kier alpha value is -1.74. The van der Waals surface area contributed by atoms with Crippen molar-refractivity contribution in [1.82, 2.24) is 0 Å². The van der Waals surface area contributed by atoms with Crippen molar-refractivity contribution in [2.45, 2.75) is 12.5 Å². The van der Waals surface area contributed by atoms with Crippen LogP contribution < -0.4 is 5.73 Å². The molecule has 80 valence electrons. The highest BCUT2D eigenvalue weighted by Gasteiger charge is 2.23. The molecular formula is C9H7F3N2O. The summed E-state index contributed by atoms with van der Waals surface area (Å²) in [4.78, 5) is 0. The van der Waals surface area contributed by atoms with Crippen molar-refractivity contribution in [1.29, 1.82) is 5.26 Å². The maximum atomic E-state index is 12.9. The summed E-state index contributed by atoms with van der Waals surface area (Å²) in [6.07, 6.45) is -2.90. The van der Waals surface area contributed by atoms with Crippen LogP contribution in [0.2, 0.25) is 0 Å². The minimum atomic E-state index is -2.90. The first-order chi connectivity index (χ1) is 6.99. The largest absolute Gasteiger partial charge is 0.506 e. The molecule has 6 heteroatoms. The Kier molecular flexibility index (Phi) is 3.17. The van der Waals surface area contributed by atoms with Gasteiger partial charge in [0.1, 0.15) is 23.2 Å². The highest BCUT2D eigenvalue weighted by Crippen LogP contribution is 2.30. The van der Waals surface area contributed by atoms with E-state index in [-0.39, 0.29) is 5.56 Å². The molecule has 0 radical (unpaired) electrons. The molecule has 3 nitrogen and oxygen atoms in total. The number of nitriles is 1. The molecule has 1 aromatic carbocycles. The summed E-state index contributed by atoms with van der Waals surface area (Å²) in [7, 11) is 0. The summed E-state index contributed by atoms with van der Waals surface area (Å²) in [5, 5.41) is 17.8. The van der Waals surface area contributed by atoms with Gasteiger partial charge in [-0.05, 0) is 6.07 Å². The van der Waals surface area contributed by atoms with E-state index in [1.807, 2.05) is 0 Å². The quantitative estimate of drug-likeness (QED) is 0.789. The zero-order valence-electron chi connectivity index (χ0n) is 7.42. The summed E-state index contributed by atoms with van der Waals surface area (Å²) >= 11 is 0. The molecule has 0 aliphatic heterocycles. The van der Waals surface area contributed by atoms with E-state index in [9.17, 15) is 18.3 Å². The molecule has 0 bridgehead atoms. The van der Waals surface area contributed by atoms with Gasteiger partial charge < -0.3 is 10.8 Å². The molecule has 0 aliphatic rings. The second-order valence-electron chi connectivity index (χ2n) is 2.83. The van der Waals surface area contributed by atoms with E-state index in [1.54, 1.807) is 0 Å². The Morgan fingerprint density at radius 1 is 1.40 bits per heavy atom. The van der Waals surface area contributed by atoms with E-state index in [4.69, 9.17) is 11.0 Å². The van der Waals surface area contributed by atoms with Crippen molar-refractivity contribution >= 4 is 0 Å². The zero-order chi connectivity index (χ0) is 11.6. The van der Waals surface area contributed by atoms with Crippen LogP contribution in [0, 0.1) is 17.1 Å². The Labute approximate surface area is 83.5 Å². The lowest BCUT2D eigenvalue weighted by Crippen LogP contribution is -2.19. The number of hydrogen-bond acceptors (Lipinski definition) is 3. The lowest BCUT2D eigenvalue weighted by molar-refractivity contribution is 0.115. The molecule has 0 aliphatic carbocycles. The Balaban J connectivity index is 3.29. The number of nitrogens with zero attached hydrogens (tertiary/aromatic N) is 1. The van der Waals surface area contributed by atoms with Crippen molar-refractivity contribution in [2.75, 3.05) is 0 Å². The molecule has 0 saturated carbocycles. The number of rotatable bonds is 2. The molecule has 0 saturated heterocycles. The molecule has 15 heavy (non-hydrogen) atoms. The SMILES string of the molecule is N#Cc1c(F)ccc([C@H](N)C(F)F)c1O. The van der Waals surface area contributed by atoms with Crippen LogP contribution in [0.1, 0.15) is 17.2 Å². The van der Waals surface area contributed by atoms with Gasteiger partial charge in [-0.25, -0.2) is 13.2 Å². The third-order valence-electron chi connectivity index (χ3n) is 1.90. The second kappa shape index (κ2) is 4.19. The number of halogens is 3. The molecule has 1 atom stereocenters. The van der Waals surface area contributed by atoms with Gasteiger partial charge >= 0.3 is 0 Å². The van der Waals surface area contributed by atoms with Crippen LogP contribution in [-0.4, -0.2) is 11.5 Å². The Morgan fingerprint density at radius 2 is 2.00 bits per heavy atom. The van der Waals surface area contributed by atoms with Gasteiger partial charge in [-0.3, -0.25) is 0 Å². The standard InChI is InChI=1S/C9H7F3N2O/c10-6-2-1-4(7(14)9(11)12)8(15)5(6)3-13/h1-2,7,9,15H,14H2/t7-/m0/s1. The average molecular weight is 216 g/mol. The van der Waals surface area contributed by atoms with Crippen molar-refractivity contribution in [3.05, 3.63) is 29.1 Å². The number of nitrogens with two attached hydrogens (primary N) is 1.